The zero-order chi connectivity index (χ0) is 17.8. The number of rotatable bonds is 5. The summed E-state index contributed by atoms with van der Waals surface area (Å²) in [5.74, 6) is 0.102. The quantitative estimate of drug-likeness (QED) is 0.869. The highest BCUT2D eigenvalue weighted by Crippen LogP contribution is 2.20. The van der Waals surface area contributed by atoms with Gasteiger partial charge >= 0.3 is 0 Å². The van der Waals surface area contributed by atoms with Crippen molar-refractivity contribution in [1.29, 1.82) is 0 Å². The summed E-state index contributed by atoms with van der Waals surface area (Å²) in [6.45, 7) is 6.29. The lowest BCUT2D eigenvalue weighted by atomic mass is 10.0. The number of fused-ring (bicyclic) bond motifs is 1. The molecule has 5 nitrogen and oxygen atoms in total. The lowest BCUT2D eigenvalue weighted by Crippen LogP contribution is -2.46. The van der Waals surface area contributed by atoms with Gasteiger partial charge in [-0.15, -0.1) is 0 Å². The van der Waals surface area contributed by atoms with Crippen molar-refractivity contribution in [2.24, 2.45) is 0 Å². The van der Waals surface area contributed by atoms with Crippen molar-refractivity contribution < 1.29 is 4.79 Å². The van der Waals surface area contributed by atoms with E-state index in [0.29, 0.717) is 0 Å². The van der Waals surface area contributed by atoms with Crippen molar-refractivity contribution in [2.75, 3.05) is 44.2 Å². The molecule has 3 heterocycles. The van der Waals surface area contributed by atoms with Crippen molar-refractivity contribution in [3.63, 3.8) is 0 Å². The molecule has 0 atom stereocenters. The van der Waals surface area contributed by atoms with Gasteiger partial charge in [0.15, 0.2) is 0 Å². The van der Waals surface area contributed by atoms with Crippen LogP contribution < -0.4 is 10.2 Å². The van der Waals surface area contributed by atoms with E-state index in [1.807, 2.05) is 6.20 Å². The Labute approximate surface area is 155 Å². The van der Waals surface area contributed by atoms with Gasteiger partial charge in [-0.05, 0) is 49.9 Å². The minimum absolute atomic E-state index is 0.102. The number of para-hydroxylation sites is 1. The molecule has 1 amide bonds. The van der Waals surface area contributed by atoms with Crippen molar-refractivity contribution >= 4 is 11.6 Å². The molecule has 0 unspecified atom stereocenters. The Morgan fingerprint density at radius 1 is 1.04 bits per heavy atom. The molecule has 1 aromatic heterocycles. The average Bonchev–Trinajstić information content (AvgIpc) is 3.00. The fourth-order valence-electron chi connectivity index (χ4n) is 4.11. The molecule has 2 N–H and O–H groups in total. The highest BCUT2D eigenvalue weighted by atomic mass is 16.1. The van der Waals surface area contributed by atoms with E-state index < -0.39 is 0 Å². The molecule has 2 aliphatic heterocycles. The van der Waals surface area contributed by atoms with Gasteiger partial charge in [-0.25, -0.2) is 0 Å². The number of benzene rings is 1. The Bertz CT molecular complexity index is 732. The van der Waals surface area contributed by atoms with Crippen LogP contribution in [-0.2, 0) is 12.8 Å². The SMILES string of the molecule is O=C1NCCCc2[nH]cc(CCCN3CCN(c4ccccc4)CC3)c21. The third-order valence-corrected chi connectivity index (χ3v) is 5.57. The van der Waals surface area contributed by atoms with E-state index in [2.05, 4.69) is 50.4 Å². The molecule has 0 spiro atoms. The maximum Gasteiger partial charge on any atom is 0.253 e. The molecular formula is C21H28N4O. The van der Waals surface area contributed by atoms with Crippen LogP contribution >= 0.6 is 0 Å². The fourth-order valence-corrected chi connectivity index (χ4v) is 4.11. The predicted octanol–water partition coefficient (Wildman–Crippen LogP) is 2.45. The maximum atomic E-state index is 12.3. The second-order valence-electron chi connectivity index (χ2n) is 7.29. The summed E-state index contributed by atoms with van der Waals surface area (Å²) >= 11 is 0. The predicted molar refractivity (Wildman–Crippen MR) is 105 cm³/mol. The first-order valence-electron chi connectivity index (χ1n) is 9.81. The van der Waals surface area contributed by atoms with Crippen molar-refractivity contribution in [1.82, 2.24) is 15.2 Å². The van der Waals surface area contributed by atoms with Gasteiger partial charge in [0.2, 0.25) is 0 Å². The van der Waals surface area contributed by atoms with Crippen molar-refractivity contribution in [3.8, 4) is 0 Å². The molecule has 1 fully saturated rings. The van der Waals surface area contributed by atoms with Crippen LogP contribution in [0.2, 0.25) is 0 Å². The van der Waals surface area contributed by atoms with Crippen molar-refractivity contribution in [3.05, 3.63) is 53.3 Å². The molecule has 0 bridgehead atoms. The molecule has 4 rings (SSSR count). The van der Waals surface area contributed by atoms with Crippen LogP contribution in [0.4, 0.5) is 5.69 Å². The normalized spacial score (nSPS) is 18.3. The van der Waals surface area contributed by atoms with Gasteiger partial charge in [0.25, 0.3) is 5.91 Å². The number of hydrogen-bond donors (Lipinski definition) is 2. The molecule has 26 heavy (non-hydrogen) atoms. The summed E-state index contributed by atoms with van der Waals surface area (Å²) in [7, 11) is 0. The molecule has 5 heteroatoms. The summed E-state index contributed by atoms with van der Waals surface area (Å²) < 4.78 is 0. The van der Waals surface area contributed by atoms with Gasteiger partial charge in [0, 0.05) is 50.3 Å². The second kappa shape index (κ2) is 7.96. The second-order valence-corrected chi connectivity index (χ2v) is 7.29. The van der Waals surface area contributed by atoms with Crippen LogP contribution in [0.1, 0.15) is 34.5 Å². The molecular weight excluding hydrogens is 324 g/mol. The van der Waals surface area contributed by atoms with Gasteiger partial charge in [0.05, 0.1) is 5.56 Å². The first kappa shape index (κ1) is 17.2. The number of aromatic amines is 1. The van der Waals surface area contributed by atoms with E-state index in [-0.39, 0.29) is 5.91 Å². The third kappa shape index (κ3) is 3.78. The number of amides is 1. The molecule has 1 saturated heterocycles. The van der Waals surface area contributed by atoms with Crippen molar-refractivity contribution in [2.45, 2.75) is 25.7 Å². The summed E-state index contributed by atoms with van der Waals surface area (Å²) in [5.41, 5.74) is 4.54. The van der Waals surface area contributed by atoms with E-state index in [1.165, 1.54) is 11.3 Å². The molecule has 0 saturated carbocycles. The smallest absolute Gasteiger partial charge is 0.253 e. The van der Waals surface area contributed by atoms with E-state index in [1.54, 1.807) is 0 Å². The van der Waals surface area contributed by atoms with Crippen LogP contribution in [0.15, 0.2) is 36.5 Å². The minimum atomic E-state index is 0.102. The Balaban J connectivity index is 1.26. The van der Waals surface area contributed by atoms with E-state index in [4.69, 9.17) is 0 Å². The number of carbonyl (C=O) groups excluding carboxylic acids is 1. The highest BCUT2D eigenvalue weighted by Gasteiger charge is 2.21. The Morgan fingerprint density at radius 3 is 2.65 bits per heavy atom. The van der Waals surface area contributed by atoms with E-state index in [0.717, 1.165) is 76.2 Å². The number of aromatic nitrogens is 1. The monoisotopic (exact) mass is 352 g/mol. The van der Waals surface area contributed by atoms with Gasteiger partial charge in [-0.3, -0.25) is 9.69 Å². The number of hydrogen-bond acceptors (Lipinski definition) is 3. The fraction of sp³-hybridized carbons (Fsp3) is 0.476. The summed E-state index contributed by atoms with van der Waals surface area (Å²) in [6.07, 6.45) is 6.10. The van der Waals surface area contributed by atoms with Crippen LogP contribution in [0, 0.1) is 0 Å². The average molecular weight is 352 g/mol. The lowest BCUT2D eigenvalue weighted by molar-refractivity contribution is 0.0955. The number of piperazine rings is 1. The van der Waals surface area contributed by atoms with Crippen LogP contribution in [0.5, 0.6) is 0 Å². The molecule has 0 radical (unpaired) electrons. The standard InChI is InChI=1S/C21H28N4O/c26-21-20-17(16-23-19(20)9-4-10-22-21)6-5-11-24-12-14-25(15-13-24)18-7-2-1-3-8-18/h1-3,7-8,16,23H,4-6,9-15H2,(H,22,26). The number of nitrogens with zero attached hydrogens (tertiary/aromatic N) is 2. The zero-order valence-corrected chi connectivity index (χ0v) is 15.3. The Morgan fingerprint density at radius 2 is 1.85 bits per heavy atom. The number of aryl methyl sites for hydroxylation is 2. The molecule has 0 aliphatic carbocycles. The van der Waals surface area contributed by atoms with E-state index >= 15 is 0 Å². The number of carbonyl (C=O) groups is 1. The first-order valence-corrected chi connectivity index (χ1v) is 9.81. The van der Waals surface area contributed by atoms with Crippen LogP contribution in [0.25, 0.3) is 0 Å². The van der Waals surface area contributed by atoms with E-state index in [9.17, 15) is 4.79 Å². The summed E-state index contributed by atoms with van der Waals surface area (Å²) in [4.78, 5) is 20.6. The molecule has 138 valence electrons. The Hall–Kier alpha value is -2.27. The van der Waals surface area contributed by atoms with Gasteiger partial charge in [-0.2, -0.15) is 0 Å². The van der Waals surface area contributed by atoms with Gasteiger partial charge in [0.1, 0.15) is 0 Å². The number of nitrogens with one attached hydrogen (secondary N) is 2. The van der Waals surface area contributed by atoms with Gasteiger partial charge in [-0.1, -0.05) is 18.2 Å². The lowest BCUT2D eigenvalue weighted by Gasteiger charge is -2.36. The third-order valence-electron chi connectivity index (χ3n) is 5.57. The first-order chi connectivity index (χ1) is 12.8. The highest BCUT2D eigenvalue weighted by molar-refractivity contribution is 5.97. The Kier molecular flexibility index (Phi) is 5.25. The zero-order valence-electron chi connectivity index (χ0n) is 15.3. The summed E-state index contributed by atoms with van der Waals surface area (Å²) in [5, 5.41) is 3.01. The largest absolute Gasteiger partial charge is 0.369 e. The van der Waals surface area contributed by atoms with Crippen LogP contribution in [0.3, 0.4) is 0 Å². The van der Waals surface area contributed by atoms with Crippen LogP contribution in [-0.4, -0.2) is 55.1 Å². The number of anilines is 1. The topological polar surface area (TPSA) is 51.4 Å². The maximum absolute atomic E-state index is 12.3. The minimum Gasteiger partial charge on any atom is -0.369 e. The van der Waals surface area contributed by atoms with Gasteiger partial charge < -0.3 is 15.2 Å². The molecule has 1 aromatic carbocycles. The molecule has 2 aromatic rings. The molecule has 2 aliphatic rings. The summed E-state index contributed by atoms with van der Waals surface area (Å²) in [6, 6.07) is 10.7. The number of H-pyrrole nitrogens is 1.